The van der Waals surface area contributed by atoms with Gasteiger partial charge in [-0.2, -0.15) is 5.26 Å². The van der Waals surface area contributed by atoms with Crippen molar-refractivity contribution in [2.24, 2.45) is 0 Å². The van der Waals surface area contributed by atoms with Crippen molar-refractivity contribution >= 4 is 58.2 Å². The van der Waals surface area contributed by atoms with E-state index in [1.54, 1.807) is 48.5 Å². The Hall–Kier alpha value is -3.24. The van der Waals surface area contributed by atoms with Gasteiger partial charge in [-0.25, -0.2) is 0 Å². The Morgan fingerprint density at radius 2 is 1.58 bits per heavy atom. The smallest absolute Gasteiger partial charge is 0.269 e. The number of carbonyl (C=O) groups excluding carboxylic acids is 2. The van der Waals surface area contributed by atoms with E-state index in [1.165, 1.54) is 16.7 Å². The number of hydrogen-bond donors (Lipinski definition) is 1. The maximum atomic E-state index is 13.4. The number of hydrogen-bond acceptors (Lipinski definition) is 4. The molecule has 8 heteroatoms. The molecule has 2 amide bonds. The Morgan fingerprint density at radius 1 is 0.970 bits per heavy atom. The Bertz CT molecular complexity index is 1250. The zero-order valence-corrected chi connectivity index (χ0v) is 19.5. The summed E-state index contributed by atoms with van der Waals surface area (Å²) in [4.78, 5) is 27.9. The fraction of sp³-hybridized carbons (Fsp3) is 0.0800. The van der Waals surface area contributed by atoms with Gasteiger partial charge in [-0.15, -0.1) is 0 Å². The highest BCUT2D eigenvalue weighted by Crippen LogP contribution is 2.42. The molecule has 1 atom stereocenters. The van der Waals surface area contributed by atoms with Crippen LogP contribution in [0, 0.1) is 11.3 Å². The second kappa shape index (κ2) is 10.1. The fourth-order valence-corrected chi connectivity index (χ4v) is 4.93. The van der Waals surface area contributed by atoms with Gasteiger partial charge >= 0.3 is 0 Å². The molecule has 164 valence electrons. The third-order valence-electron chi connectivity index (χ3n) is 4.96. The Morgan fingerprint density at radius 3 is 2.18 bits per heavy atom. The van der Waals surface area contributed by atoms with Crippen LogP contribution in [0.3, 0.4) is 0 Å². The van der Waals surface area contributed by atoms with Crippen molar-refractivity contribution in [2.45, 2.75) is 11.7 Å². The quantitative estimate of drug-likeness (QED) is 0.346. The first-order valence-electron chi connectivity index (χ1n) is 9.97. The number of halogens is 2. The molecule has 3 aromatic carbocycles. The van der Waals surface area contributed by atoms with Crippen LogP contribution in [0.4, 0.5) is 11.4 Å². The molecule has 1 fully saturated rings. The number of benzene rings is 3. The maximum absolute atomic E-state index is 13.4. The molecule has 4 rings (SSSR count). The summed E-state index contributed by atoms with van der Waals surface area (Å²) in [5, 5.41) is 13.5. The molecule has 0 aromatic heterocycles. The van der Waals surface area contributed by atoms with Gasteiger partial charge in [0.2, 0.25) is 5.91 Å². The number of thioether (sulfide) groups is 1. The molecule has 1 aliphatic heterocycles. The summed E-state index contributed by atoms with van der Waals surface area (Å²) in [7, 11) is 0. The summed E-state index contributed by atoms with van der Waals surface area (Å²) in [6, 6.07) is 24.9. The van der Waals surface area contributed by atoms with Crippen molar-refractivity contribution in [1.82, 2.24) is 0 Å². The minimum atomic E-state index is -0.602. The van der Waals surface area contributed by atoms with Crippen LogP contribution >= 0.6 is 35.0 Å². The molecule has 1 heterocycles. The second-order valence-corrected chi connectivity index (χ2v) is 9.26. The van der Waals surface area contributed by atoms with Gasteiger partial charge in [-0.3, -0.25) is 14.5 Å². The van der Waals surface area contributed by atoms with E-state index in [0.717, 1.165) is 5.56 Å². The van der Waals surface area contributed by atoms with Crippen LogP contribution in [0.25, 0.3) is 0 Å². The van der Waals surface area contributed by atoms with E-state index in [2.05, 4.69) is 5.32 Å². The van der Waals surface area contributed by atoms with Gasteiger partial charge in [0.15, 0.2) is 0 Å². The number of nitrogens with zero attached hydrogens (tertiary/aromatic N) is 2. The van der Waals surface area contributed by atoms with Crippen LogP contribution in [0.2, 0.25) is 10.0 Å². The summed E-state index contributed by atoms with van der Waals surface area (Å²) < 4.78 is 0. The molecule has 1 N–H and O–H groups in total. The van der Waals surface area contributed by atoms with E-state index < -0.39 is 11.2 Å². The lowest BCUT2D eigenvalue weighted by Gasteiger charge is -2.19. The topological polar surface area (TPSA) is 73.2 Å². The largest absolute Gasteiger partial charge is 0.321 e. The minimum absolute atomic E-state index is 0.145. The van der Waals surface area contributed by atoms with E-state index in [9.17, 15) is 14.9 Å². The van der Waals surface area contributed by atoms with E-state index in [-0.39, 0.29) is 16.5 Å². The number of anilines is 2. The molecule has 1 saturated heterocycles. The predicted octanol–water partition coefficient (Wildman–Crippen LogP) is 6.06. The maximum Gasteiger partial charge on any atom is 0.269 e. The molecule has 0 radical (unpaired) electrons. The van der Waals surface area contributed by atoms with Gasteiger partial charge in [-0.05, 0) is 60.5 Å². The van der Waals surface area contributed by atoms with Gasteiger partial charge < -0.3 is 5.32 Å². The van der Waals surface area contributed by atoms with Crippen LogP contribution in [0.1, 0.15) is 5.56 Å². The molecule has 1 unspecified atom stereocenters. The van der Waals surface area contributed by atoms with Crippen molar-refractivity contribution in [3.8, 4) is 6.07 Å². The normalized spacial score (nSPS) is 16.9. The van der Waals surface area contributed by atoms with Gasteiger partial charge in [-0.1, -0.05) is 65.3 Å². The van der Waals surface area contributed by atoms with Gasteiger partial charge in [0.1, 0.15) is 16.7 Å². The lowest BCUT2D eigenvalue weighted by atomic mass is 10.1. The second-order valence-electron chi connectivity index (χ2n) is 7.20. The molecule has 3 aromatic rings. The van der Waals surface area contributed by atoms with E-state index in [4.69, 9.17) is 23.2 Å². The van der Waals surface area contributed by atoms with Crippen molar-refractivity contribution in [1.29, 1.82) is 5.26 Å². The summed E-state index contributed by atoms with van der Waals surface area (Å²) in [6.45, 7) is 0. The van der Waals surface area contributed by atoms with E-state index in [1.807, 2.05) is 36.4 Å². The summed E-state index contributed by atoms with van der Waals surface area (Å²) >= 11 is 13.1. The van der Waals surface area contributed by atoms with Crippen LogP contribution in [-0.4, -0.2) is 17.1 Å². The predicted molar refractivity (Wildman–Crippen MR) is 133 cm³/mol. The average Bonchev–Trinajstić information content (AvgIpc) is 3.12. The standard InChI is InChI=1S/C25H17Cl2N3O2S/c26-17-6-10-19(11-7-17)29-23(31)21(15-28)25-30(20-12-8-18(27)9-13-20)24(32)22(33-25)14-16-4-2-1-3-5-16/h1-13,22H,14H2,(H,29,31). The van der Waals surface area contributed by atoms with Crippen molar-refractivity contribution < 1.29 is 9.59 Å². The molecule has 0 saturated carbocycles. The van der Waals surface area contributed by atoms with Crippen LogP contribution < -0.4 is 10.2 Å². The van der Waals surface area contributed by atoms with Crippen molar-refractivity contribution in [2.75, 3.05) is 10.2 Å². The van der Waals surface area contributed by atoms with Gasteiger partial charge in [0.05, 0.1) is 5.25 Å². The Kier molecular flexibility index (Phi) is 7.05. The highest BCUT2D eigenvalue weighted by Gasteiger charge is 2.40. The monoisotopic (exact) mass is 493 g/mol. The molecule has 0 aliphatic carbocycles. The molecule has 1 aliphatic rings. The summed E-state index contributed by atoms with van der Waals surface area (Å²) in [6.07, 6.45) is 0.468. The molecule has 0 bridgehead atoms. The lowest BCUT2D eigenvalue weighted by molar-refractivity contribution is -0.117. The Labute approximate surface area is 205 Å². The summed E-state index contributed by atoms with van der Waals surface area (Å²) in [5.74, 6) is -0.803. The van der Waals surface area contributed by atoms with Crippen LogP contribution in [0.15, 0.2) is 89.5 Å². The molecule has 5 nitrogen and oxygen atoms in total. The third kappa shape index (κ3) is 5.23. The number of carbonyl (C=O) groups is 2. The molecular formula is C25H17Cl2N3O2S. The zero-order valence-electron chi connectivity index (χ0n) is 17.2. The molecule has 0 spiro atoms. The number of nitriles is 1. The van der Waals surface area contributed by atoms with Gasteiger partial charge in [0.25, 0.3) is 5.91 Å². The fourth-order valence-electron chi connectivity index (χ4n) is 3.37. The van der Waals surface area contributed by atoms with Gasteiger partial charge in [0, 0.05) is 21.4 Å². The van der Waals surface area contributed by atoms with Crippen LogP contribution in [-0.2, 0) is 16.0 Å². The number of rotatable bonds is 5. The Balaban J connectivity index is 1.72. The number of amides is 2. The molecular weight excluding hydrogens is 477 g/mol. The van der Waals surface area contributed by atoms with Crippen molar-refractivity contribution in [3.05, 3.63) is 105 Å². The third-order valence-corrected chi connectivity index (χ3v) is 6.72. The SMILES string of the molecule is N#CC(C(=O)Nc1ccc(Cl)cc1)=C1SC(Cc2ccccc2)C(=O)N1c1ccc(Cl)cc1. The highest BCUT2D eigenvalue weighted by molar-refractivity contribution is 8.05. The lowest BCUT2D eigenvalue weighted by Crippen LogP contribution is -2.30. The first kappa shape index (κ1) is 22.9. The van der Waals surface area contributed by atoms with E-state index in [0.29, 0.717) is 27.8 Å². The number of nitrogens with one attached hydrogen (secondary N) is 1. The van der Waals surface area contributed by atoms with Crippen LogP contribution in [0.5, 0.6) is 0 Å². The first-order valence-corrected chi connectivity index (χ1v) is 11.6. The zero-order chi connectivity index (χ0) is 23.4. The highest BCUT2D eigenvalue weighted by atomic mass is 35.5. The first-order chi connectivity index (χ1) is 16.0. The molecule has 33 heavy (non-hydrogen) atoms. The summed E-state index contributed by atoms with van der Waals surface area (Å²) in [5.41, 5.74) is 1.87. The van der Waals surface area contributed by atoms with Crippen molar-refractivity contribution in [3.63, 3.8) is 0 Å². The average molecular weight is 494 g/mol. The minimum Gasteiger partial charge on any atom is -0.321 e. The van der Waals surface area contributed by atoms with E-state index >= 15 is 0 Å².